The van der Waals surface area contributed by atoms with E-state index in [2.05, 4.69) is 9.97 Å². The van der Waals surface area contributed by atoms with Crippen LogP contribution in [0.4, 0.5) is 11.4 Å². The van der Waals surface area contributed by atoms with Crippen LogP contribution in [0.3, 0.4) is 0 Å². The maximum Gasteiger partial charge on any atom is 0.271 e. The highest BCUT2D eigenvalue weighted by atomic mass is 16.6. The number of rotatable bonds is 3. The number of fused-ring (bicyclic) bond motifs is 1. The van der Waals surface area contributed by atoms with Crippen LogP contribution >= 0.6 is 0 Å². The third-order valence-corrected chi connectivity index (χ3v) is 4.95. The van der Waals surface area contributed by atoms with Gasteiger partial charge >= 0.3 is 0 Å². The molecular weight excluding hydrogens is 344 g/mol. The molecule has 138 valence electrons. The number of anilines is 1. The Morgan fingerprint density at radius 1 is 1.04 bits per heavy atom. The fourth-order valence-electron chi connectivity index (χ4n) is 3.48. The molecule has 2 aromatic carbocycles. The van der Waals surface area contributed by atoms with Crippen LogP contribution in [-0.2, 0) is 4.79 Å². The number of carbonyl (C=O) groups is 1. The Morgan fingerprint density at radius 2 is 1.81 bits per heavy atom. The van der Waals surface area contributed by atoms with E-state index in [-0.39, 0.29) is 11.6 Å². The second-order valence-electron chi connectivity index (χ2n) is 6.80. The SMILES string of the molecule is O=C1CCCCCCN1c1ccc(-c2nc3ccc([N+](=O)[O-])cc3[nH]2)cc1. The Kier molecular flexibility index (Phi) is 4.58. The molecule has 0 aliphatic carbocycles. The van der Waals surface area contributed by atoms with Gasteiger partial charge < -0.3 is 9.88 Å². The summed E-state index contributed by atoms with van der Waals surface area (Å²) in [7, 11) is 0. The van der Waals surface area contributed by atoms with Crippen molar-refractivity contribution in [1.82, 2.24) is 9.97 Å². The summed E-state index contributed by atoms with van der Waals surface area (Å²) in [5, 5.41) is 10.9. The average Bonchev–Trinajstić information content (AvgIpc) is 3.08. The lowest BCUT2D eigenvalue weighted by Gasteiger charge is -2.25. The number of nitrogens with one attached hydrogen (secondary N) is 1. The zero-order chi connectivity index (χ0) is 18.8. The second kappa shape index (κ2) is 7.19. The normalized spacial score (nSPS) is 15.6. The summed E-state index contributed by atoms with van der Waals surface area (Å²) >= 11 is 0. The first-order valence-electron chi connectivity index (χ1n) is 9.17. The standard InChI is InChI=1S/C20H20N4O3/c25-19-5-3-1-2-4-12-23(19)15-8-6-14(7-9-15)20-21-17-11-10-16(24(26)27)13-18(17)22-20/h6-11,13H,1-5,12H2,(H,21,22). The molecule has 1 amide bonds. The minimum Gasteiger partial charge on any atom is -0.338 e. The van der Waals surface area contributed by atoms with Crippen LogP contribution in [0, 0.1) is 10.1 Å². The maximum atomic E-state index is 12.4. The van der Waals surface area contributed by atoms with Crippen molar-refractivity contribution in [3.05, 3.63) is 52.6 Å². The summed E-state index contributed by atoms with van der Waals surface area (Å²) in [4.78, 5) is 32.4. The molecular formula is C20H20N4O3. The van der Waals surface area contributed by atoms with Crippen molar-refractivity contribution >= 4 is 28.3 Å². The summed E-state index contributed by atoms with van der Waals surface area (Å²) in [5.41, 5.74) is 3.11. The van der Waals surface area contributed by atoms with E-state index >= 15 is 0 Å². The van der Waals surface area contributed by atoms with Crippen LogP contribution in [0.5, 0.6) is 0 Å². The number of hydrogen-bond acceptors (Lipinski definition) is 4. The van der Waals surface area contributed by atoms with E-state index in [0.29, 0.717) is 23.3 Å². The first-order valence-corrected chi connectivity index (χ1v) is 9.17. The number of aromatic nitrogens is 2. The van der Waals surface area contributed by atoms with Gasteiger partial charge in [0.25, 0.3) is 5.69 Å². The lowest BCUT2D eigenvalue weighted by Crippen LogP contribution is -2.32. The van der Waals surface area contributed by atoms with Crippen LogP contribution in [-0.4, -0.2) is 27.3 Å². The van der Waals surface area contributed by atoms with E-state index < -0.39 is 4.92 Å². The van der Waals surface area contributed by atoms with Crippen LogP contribution in [0.15, 0.2) is 42.5 Å². The predicted molar refractivity (Wildman–Crippen MR) is 104 cm³/mol. The largest absolute Gasteiger partial charge is 0.338 e. The smallest absolute Gasteiger partial charge is 0.271 e. The molecule has 3 aromatic rings. The van der Waals surface area contributed by atoms with Gasteiger partial charge in [-0.3, -0.25) is 14.9 Å². The zero-order valence-electron chi connectivity index (χ0n) is 14.9. The summed E-state index contributed by atoms with van der Waals surface area (Å²) in [6.07, 6.45) is 4.87. The van der Waals surface area contributed by atoms with Crippen molar-refractivity contribution in [3.63, 3.8) is 0 Å². The number of nitro benzene ring substituents is 1. The van der Waals surface area contributed by atoms with Gasteiger partial charge in [-0.2, -0.15) is 0 Å². The monoisotopic (exact) mass is 364 g/mol. The summed E-state index contributed by atoms with van der Waals surface area (Å²) < 4.78 is 0. The Hall–Kier alpha value is -3.22. The van der Waals surface area contributed by atoms with Gasteiger partial charge in [0.15, 0.2) is 0 Å². The molecule has 1 aromatic heterocycles. The van der Waals surface area contributed by atoms with Crippen molar-refractivity contribution in [1.29, 1.82) is 0 Å². The van der Waals surface area contributed by atoms with Gasteiger partial charge in [0.1, 0.15) is 5.82 Å². The average molecular weight is 364 g/mol. The number of nitrogens with zero attached hydrogens (tertiary/aromatic N) is 3. The van der Waals surface area contributed by atoms with Gasteiger partial charge in [-0.1, -0.05) is 12.8 Å². The summed E-state index contributed by atoms with van der Waals surface area (Å²) in [6, 6.07) is 12.3. The number of H-pyrrole nitrogens is 1. The molecule has 27 heavy (non-hydrogen) atoms. The van der Waals surface area contributed by atoms with Crippen molar-refractivity contribution < 1.29 is 9.72 Å². The number of hydrogen-bond donors (Lipinski definition) is 1. The minimum absolute atomic E-state index is 0.0312. The maximum absolute atomic E-state index is 12.4. The lowest BCUT2D eigenvalue weighted by molar-refractivity contribution is -0.384. The van der Waals surface area contributed by atoms with Crippen molar-refractivity contribution in [3.8, 4) is 11.4 Å². The van der Waals surface area contributed by atoms with E-state index in [0.717, 1.165) is 43.5 Å². The second-order valence-corrected chi connectivity index (χ2v) is 6.80. The Labute approximate surface area is 156 Å². The third-order valence-electron chi connectivity index (χ3n) is 4.95. The van der Waals surface area contributed by atoms with E-state index in [1.165, 1.54) is 12.1 Å². The topological polar surface area (TPSA) is 92.1 Å². The summed E-state index contributed by atoms with van der Waals surface area (Å²) in [5.74, 6) is 0.828. The van der Waals surface area contributed by atoms with Crippen LogP contribution in [0.25, 0.3) is 22.4 Å². The van der Waals surface area contributed by atoms with E-state index in [4.69, 9.17) is 0 Å². The molecule has 0 atom stereocenters. The Bertz CT molecular complexity index is 994. The van der Waals surface area contributed by atoms with Gasteiger partial charge in [-0.25, -0.2) is 4.98 Å². The number of non-ortho nitro benzene ring substituents is 1. The molecule has 0 saturated carbocycles. The first kappa shape index (κ1) is 17.2. The van der Waals surface area contributed by atoms with Gasteiger partial charge in [0.05, 0.1) is 16.0 Å². The lowest BCUT2D eigenvalue weighted by atomic mass is 10.1. The molecule has 0 spiro atoms. The van der Waals surface area contributed by atoms with Gasteiger partial charge in [-0.05, 0) is 43.2 Å². The third kappa shape index (κ3) is 3.53. The highest BCUT2D eigenvalue weighted by Gasteiger charge is 2.17. The molecule has 7 heteroatoms. The molecule has 7 nitrogen and oxygen atoms in total. The van der Waals surface area contributed by atoms with Crippen molar-refractivity contribution in [2.75, 3.05) is 11.4 Å². The highest BCUT2D eigenvalue weighted by Crippen LogP contribution is 2.26. The van der Waals surface area contributed by atoms with Crippen LogP contribution in [0.2, 0.25) is 0 Å². The molecule has 1 aliphatic heterocycles. The number of amides is 1. The molecule has 2 heterocycles. The van der Waals surface area contributed by atoms with Crippen LogP contribution < -0.4 is 4.90 Å². The zero-order valence-corrected chi connectivity index (χ0v) is 14.9. The fourth-order valence-corrected chi connectivity index (χ4v) is 3.48. The van der Waals surface area contributed by atoms with Gasteiger partial charge in [0, 0.05) is 36.3 Å². The number of imidazole rings is 1. The molecule has 0 radical (unpaired) electrons. The molecule has 1 fully saturated rings. The highest BCUT2D eigenvalue weighted by molar-refractivity contribution is 5.93. The Morgan fingerprint density at radius 3 is 2.59 bits per heavy atom. The number of nitro groups is 1. The van der Waals surface area contributed by atoms with Crippen LogP contribution in [0.1, 0.15) is 32.1 Å². The molecule has 1 aliphatic rings. The van der Waals surface area contributed by atoms with Crippen molar-refractivity contribution in [2.45, 2.75) is 32.1 Å². The molecule has 4 rings (SSSR count). The summed E-state index contributed by atoms with van der Waals surface area (Å²) in [6.45, 7) is 0.756. The van der Waals surface area contributed by atoms with Gasteiger partial charge in [-0.15, -0.1) is 0 Å². The van der Waals surface area contributed by atoms with E-state index in [1.54, 1.807) is 6.07 Å². The fraction of sp³-hybridized carbons (Fsp3) is 0.300. The number of benzene rings is 2. The first-order chi connectivity index (χ1) is 13.1. The molecule has 1 saturated heterocycles. The minimum atomic E-state index is -0.421. The Balaban J connectivity index is 1.60. The predicted octanol–water partition coefficient (Wildman–Crippen LogP) is 4.44. The van der Waals surface area contributed by atoms with Gasteiger partial charge in [0.2, 0.25) is 5.91 Å². The molecule has 0 unspecified atom stereocenters. The van der Waals surface area contributed by atoms with E-state index in [9.17, 15) is 14.9 Å². The number of aromatic amines is 1. The molecule has 1 N–H and O–H groups in total. The quantitative estimate of drug-likeness (QED) is 0.549. The number of carbonyl (C=O) groups excluding carboxylic acids is 1. The molecule has 0 bridgehead atoms. The van der Waals surface area contributed by atoms with E-state index in [1.807, 2.05) is 29.2 Å². The van der Waals surface area contributed by atoms with Crippen molar-refractivity contribution in [2.24, 2.45) is 0 Å².